The van der Waals surface area contributed by atoms with Crippen molar-refractivity contribution in [2.24, 2.45) is 5.92 Å². The van der Waals surface area contributed by atoms with Crippen molar-refractivity contribution >= 4 is 11.8 Å². The molecule has 0 radical (unpaired) electrons. The molecule has 1 aliphatic rings. The Morgan fingerprint density at radius 2 is 1.83 bits per heavy atom. The highest BCUT2D eigenvalue weighted by molar-refractivity contribution is 5.77. The summed E-state index contributed by atoms with van der Waals surface area (Å²) in [5, 5.41) is 3.05. The Balaban J connectivity index is 1.68. The van der Waals surface area contributed by atoms with E-state index in [0.29, 0.717) is 38.3 Å². The molecule has 1 fully saturated rings. The maximum absolute atomic E-state index is 12.8. The predicted molar refractivity (Wildman–Crippen MR) is 91.9 cm³/mol. The van der Waals surface area contributed by atoms with Crippen LogP contribution in [0.4, 0.5) is 4.39 Å². The first-order valence-corrected chi connectivity index (χ1v) is 8.75. The van der Waals surface area contributed by atoms with Gasteiger partial charge in [-0.15, -0.1) is 0 Å². The molecule has 132 valence electrons. The van der Waals surface area contributed by atoms with Gasteiger partial charge in [0.1, 0.15) is 5.82 Å². The Labute approximate surface area is 143 Å². The lowest BCUT2D eigenvalue weighted by atomic mass is 10.0. The molecular weight excluding hydrogens is 307 g/mol. The average molecular weight is 334 g/mol. The maximum atomic E-state index is 12.8. The molecule has 0 atom stereocenters. The van der Waals surface area contributed by atoms with Crippen LogP contribution in [0.5, 0.6) is 0 Å². The molecule has 0 spiro atoms. The van der Waals surface area contributed by atoms with E-state index in [1.54, 1.807) is 12.1 Å². The Bertz CT molecular complexity index is 549. The fourth-order valence-corrected chi connectivity index (χ4v) is 2.96. The maximum Gasteiger partial charge on any atom is 0.222 e. The quantitative estimate of drug-likeness (QED) is 0.869. The molecular formula is C19H27FN2O2. The molecule has 1 N–H and O–H groups in total. The molecule has 1 aliphatic heterocycles. The number of benzene rings is 1. The van der Waals surface area contributed by atoms with Gasteiger partial charge in [0.25, 0.3) is 0 Å². The minimum absolute atomic E-state index is 0.0197. The van der Waals surface area contributed by atoms with E-state index in [1.165, 1.54) is 12.1 Å². The van der Waals surface area contributed by atoms with E-state index >= 15 is 0 Å². The molecule has 1 saturated heterocycles. The molecule has 2 rings (SSSR count). The zero-order chi connectivity index (χ0) is 17.5. The standard InChI is InChI=1S/C19H27FN2O2/c1-14(2)13-19(24)22-11-9-17(10-12-22)21-18(23)8-5-15-3-6-16(20)7-4-15/h3-4,6-7,14,17H,5,8-13H2,1-2H3,(H,21,23). The fourth-order valence-electron chi connectivity index (χ4n) is 2.96. The molecule has 0 saturated carbocycles. The smallest absolute Gasteiger partial charge is 0.222 e. The van der Waals surface area contributed by atoms with Crippen molar-refractivity contribution in [2.45, 2.75) is 52.0 Å². The highest BCUT2D eigenvalue weighted by Gasteiger charge is 2.23. The van der Waals surface area contributed by atoms with Crippen LogP contribution in [0.1, 0.15) is 45.1 Å². The third-order valence-corrected chi connectivity index (χ3v) is 4.35. The van der Waals surface area contributed by atoms with Gasteiger partial charge in [0, 0.05) is 32.0 Å². The number of carbonyl (C=O) groups is 2. The Morgan fingerprint density at radius 1 is 1.21 bits per heavy atom. The monoisotopic (exact) mass is 334 g/mol. The van der Waals surface area contributed by atoms with Gasteiger partial charge in [-0.1, -0.05) is 26.0 Å². The minimum Gasteiger partial charge on any atom is -0.353 e. The number of hydrogen-bond acceptors (Lipinski definition) is 2. The molecule has 1 aromatic carbocycles. The number of aryl methyl sites for hydroxylation is 1. The molecule has 0 bridgehead atoms. The van der Waals surface area contributed by atoms with E-state index in [0.717, 1.165) is 18.4 Å². The lowest BCUT2D eigenvalue weighted by molar-refractivity contribution is -0.133. The molecule has 0 aromatic heterocycles. The van der Waals surface area contributed by atoms with E-state index < -0.39 is 0 Å². The topological polar surface area (TPSA) is 49.4 Å². The third kappa shape index (κ3) is 5.95. The van der Waals surface area contributed by atoms with Crippen molar-refractivity contribution in [2.75, 3.05) is 13.1 Å². The first-order chi connectivity index (χ1) is 11.4. The van der Waals surface area contributed by atoms with Crippen LogP contribution in [0.25, 0.3) is 0 Å². The number of nitrogens with zero attached hydrogens (tertiary/aromatic N) is 1. The van der Waals surface area contributed by atoms with Gasteiger partial charge in [0.05, 0.1) is 0 Å². The molecule has 4 nitrogen and oxygen atoms in total. The summed E-state index contributed by atoms with van der Waals surface area (Å²) < 4.78 is 12.8. The summed E-state index contributed by atoms with van der Waals surface area (Å²) in [7, 11) is 0. The summed E-state index contributed by atoms with van der Waals surface area (Å²) in [6, 6.07) is 6.39. The van der Waals surface area contributed by atoms with E-state index in [4.69, 9.17) is 0 Å². The zero-order valence-corrected chi connectivity index (χ0v) is 14.6. The van der Waals surface area contributed by atoms with Gasteiger partial charge < -0.3 is 10.2 Å². The molecule has 0 aliphatic carbocycles. The van der Waals surface area contributed by atoms with Gasteiger partial charge in [0.2, 0.25) is 11.8 Å². The van der Waals surface area contributed by atoms with Gasteiger partial charge in [-0.05, 0) is 42.9 Å². The molecule has 1 heterocycles. The second kappa shape index (κ2) is 8.81. The number of carbonyl (C=O) groups excluding carboxylic acids is 2. The van der Waals surface area contributed by atoms with Crippen LogP contribution in [0.3, 0.4) is 0 Å². The average Bonchev–Trinajstić information content (AvgIpc) is 2.54. The van der Waals surface area contributed by atoms with Gasteiger partial charge in [0.15, 0.2) is 0 Å². The first-order valence-electron chi connectivity index (χ1n) is 8.75. The summed E-state index contributed by atoms with van der Waals surface area (Å²) in [5.74, 6) is 0.348. The number of piperidine rings is 1. The summed E-state index contributed by atoms with van der Waals surface area (Å²) in [4.78, 5) is 26.0. The van der Waals surface area contributed by atoms with E-state index in [-0.39, 0.29) is 23.7 Å². The van der Waals surface area contributed by atoms with Gasteiger partial charge >= 0.3 is 0 Å². The highest BCUT2D eigenvalue weighted by atomic mass is 19.1. The van der Waals surface area contributed by atoms with Gasteiger partial charge in [-0.25, -0.2) is 4.39 Å². The van der Waals surface area contributed by atoms with Crippen LogP contribution in [-0.4, -0.2) is 35.8 Å². The lowest BCUT2D eigenvalue weighted by Gasteiger charge is -2.33. The Kier molecular flexibility index (Phi) is 6.76. The van der Waals surface area contributed by atoms with Crippen LogP contribution in [-0.2, 0) is 16.0 Å². The largest absolute Gasteiger partial charge is 0.353 e. The summed E-state index contributed by atoms with van der Waals surface area (Å²) in [6.07, 6.45) is 3.23. The second-order valence-electron chi connectivity index (χ2n) is 6.95. The number of likely N-dealkylation sites (tertiary alicyclic amines) is 1. The van der Waals surface area contributed by atoms with Crippen LogP contribution in [0.2, 0.25) is 0 Å². The van der Waals surface area contributed by atoms with Crippen molar-refractivity contribution in [3.05, 3.63) is 35.6 Å². The second-order valence-corrected chi connectivity index (χ2v) is 6.95. The van der Waals surface area contributed by atoms with Crippen molar-refractivity contribution < 1.29 is 14.0 Å². The van der Waals surface area contributed by atoms with Crippen molar-refractivity contribution in [1.82, 2.24) is 10.2 Å². The van der Waals surface area contributed by atoms with E-state index in [9.17, 15) is 14.0 Å². The number of rotatable bonds is 6. The number of nitrogens with one attached hydrogen (secondary N) is 1. The highest BCUT2D eigenvalue weighted by Crippen LogP contribution is 2.14. The van der Waals surface area contributed by atoms with Crippen LogP contribution >= 0.6 is 0 Å². The minimum atomic E-state index is -0.262. The molecule has 2 amide bonds. The van der Waals surface area contributed by atoms with E-state index in [2.05, 4.69) is 5.32 Å². The van der Waals surface area contributed by atoms with Crippen molar-refractivity contribution in [1.29, 1.82) is 0 Å². The normalized spacial score (nSPS) is 15.6. The van der Waals surface area contributed by atoms with Gasteiger partial charge in [-0.3, -0.25) is 9.59 Å². The molecule has 0 unspecified atom stereocenters. The summed E-state index contributed by atoms with van der Waals surface area (Å²) in [5.41, 5.74) is 0.959. The Morgan fingerprint density at radius 3 is 2.42 bits per heavy atom. The van der Waals surface area contributed by atoms with Crippen molar-refractivity contribution in [3.63, 3.8) is 0 Å². The first kappa shape index (κ1) is 18.4. The fraction of sp³-hybridized carbons (Fsp3) is 0.579. The third-order valence-electron chi connectivity index (χ3n) is 4.35. The Hall–Kier alpha value is -1.91. The predicted octanol–water partition coefficient (Wildman–Crippen LogP) is 2.91. The summed E-state index contributed by atoms with van der Waals surface area (Å²) >= 11 is 0. The van der Waals surface area contributed by atoms with Gasteiger partial charge in [-0.2, -0.15) is 0 Å². The lowest BCUT2D eigenvalue weighted by Crippen LogP contribution is -2.46. The molecule has 5 heteroatoms. The summed E-state index contributed by atoms with van der Waals surface area (Å²) in [6.45, 7) is 5.53. The van der Waals surface area contributed by atoms with Crippen LogP contribution in [0, 0.1) is 11.7 Å². The number of hydrogen-bond donors (Lipinski definition) is 1. The number of amides is 2. The number of halogens is 1. The molecule has 24 heavy (non-hydrogen) atoms. The van der Waals surface area contributed by atoms with Crippen molar-refractivity contribution in [3.8, 4) is 0 Å². The van der Waals surface area contributed by atoms with Crippen LogP contribution < -0.4 is 5.32 Å². The molecule has 1 aromatic rings. The SMILES string of the molecule is CC(C)CC(=O)N1CCC(NC(=O)CCc2ccc(F)cc2)CC1. The zero-order valence-electron chi connectivity index (χ0n) is 14.6. The van der Waals surface area contributed by atoms with E-state index in [1.807, 2.05) is 18.7 Å². The van der Waals surface area contributed by atoms with Crippen LogP contribution in [0.15, 0.2) is 24.3 Å².